The predicted octanol–water partition coefficient (Wildman–Crippen LogP) is 1.05. The van der Waals surface area contributed by atoms with Crippen molar-refractivity contribution in [1.29, 1.82) is 0 Å². The number of rotatable bonds is 3. The molecule has 1 aromatic rings. The maximum atomic E-state index is 11.6. The molecule has 1 atom stereocenters. The Morgan fingerprint density at radius 3 is 2.47 bits per heavy atom. The van der Waals surface area contributed by atoms with Gasteiger partial charge in [-0.25, -0.2) is 8.42 Å². The van der Waals surface area contributed by atoms with Crippen molar-refractivity contribution in [3.63, 3.8) is 0 Å². The molecule has 1 aliphatic rings. The lowest BCUT2D eigenvalue weighted by Crippen LogP contribution is -2.21. The summed E-state index contributed by atoms with van der Waals surface area (Å²) in [6, 6.07) is 6.89. The Morgan fingerprint density at radius 2 is 2.00 bits per heavy atom. The molecular weight excluding hydrogens is 238 g/mol. The van der Waals surface area contributed by atoms with Gasteiger partial charge in [0.2, 0.25) is 0 Å². The van der Waals surface area contributed by atoms with E-state index in [0.717, 1.165) is 18.7 Å². The van der Waals surface area contributed by atoms with Gasteiger partial charge >= 0.3 is 0 Å². The molecule has 2 rings (SSSR count). The molecule has 94 valence electrons. The first-order valence-corrected chi connectivity index (χ1v) is 7.44. The van der Waals surface area contributed by atoms with Crippen molar-refractivity contribution >= 4 is 15.5 Å². The highest BCUT2D eigenvalue weighted by Crippen LogP contribution is 2.22. The molecule has 5 heteroatoms. The van der Waals surface area contributed by atoms with Crippen molar-refractivity contribution in [3.8, 4) is 0 Å². The number of aliphatic hydroxyl groups excluding tert-OH is 1. The molecule has 0 amide bonds. The van der Waals surface area contributed by atoms with Gasteiger partial charge < -0.3 is 10.0 Å². The molecule has 1 fully saturated rings. The van der Waals surface area contributed by atoms with Crippen molar-refractivity contribution in [1.82, 2.24) is 0 Å². The van der Waals surface area contributed by atoms with Crippen LogP contribution in [0.25, 0.3) is 0 Å². The normalized spacial score (nSPS) is 20.8. The number of nitrogens with zero attached hydrogens (tertiary/aromatic N) is 1. The summed E-state index contributed by atoms with van der Waals surface area (Å²) in [5, 5.41) is 9.45. The van der Waals surface area contributed by atoms with Gasteiger partial charge in [0.25, 0.3) is 0 Å². The summed E-state index contributed by atoms with van der Waals surface area (Å²) in [5.74, 6) is 0.120. The molecule has 1 aromatic carbocycles. The standard InChI is InChI=1S/C12H17NO3S/c1-2-17(15,16)12-5-3-10(4-6-12)13-8-7-11(14)9-13/h3-6,11,14H,2,7-9H2,1H3. The second-order valence-electron chi connectivity index (χ2n) is 4.29. The summed E-state index contributed by atoms with van der Waals surface area (Å²) in [7, 11) is -3.12. The lowest BCUT2D eigenvalue weighted by molar-refractivity contribution is 0.198. The summed E-state index contributed by atoms with van der Waals surface area (Å²) >= 11 is 0. The summed E-state index contributed by atoms with van der Waals surface area (Å²) in [6.45, 7) is 3.08. The third-order valence-electron chi connectivity index (χ3n) is 3.10. The molecule has 17 heavy (non-hydrogen) atoms. The second kappa shape index (κ2) is 4.66. The Labute approximate surface area is 102 Å². The number of hydrogen-bond donors (Lipinski definition) is 1. The average Bonchev–Trinajstić information content (AvgIpc) is 2.76. The van der Waals surface area contributed by atoms with E-state index in [-0.39, 0.29) is 11.9 Å². The summed E-state index contributed by atoms with van der Waals surface area (Å²) in [6.07, 6.45) is 0.503. The fraction of sp³-hybridized carbons (Fsp3) is 0.500. The summed E-state index contributed by atoms with van der Waals surface area (Å²) in [4.78, 5) is 2.43. The topological polar surface area (TPSA) is 57.6 Å². The first-order chi connectivity index (χ1) is 8.03. The van der Waals surface area contributed by atoms with E-state index >= 15 is 0 Å². The smallest absolute Gasteiger partial charge is 0.178 e. The number of sulfone groups is 1. The van der Waals surface area contributed by atoms with Crippen LogP contribution < -0.4 is 4.90 Å². The molecular formula is C12H17NO3S. The summed E-state index contributed by atoms with van der Waals surface area (Å²) < 4.78 is 23.3. The number of anilines is 1. The molecule has 0 spiro atoms. The van der Waals surface area contributed by atoms with Gasteiger partial charge in [-0.05, 0) is 30.7 Å². The van der Waals surface area contributed by atoms with Gasteiger partial charge in [-0.2, -0.15) is 0 Å². The van der Waals surface area contributed by atoms with Crippen LogP contribution in [0.15, 0.2) is 29.2 Å². The quantitative estimate of drug-likeness (QED) is 0.877. The SMILES string of the molecule is CCS(=O)(=O)c1ccc(N2CCC(O)C2)cc1. The van der Waals surface area contributed by atoms with Crippen LogP contribution in [0, 0.1) is 0 Å². The number of benzene rings is 1. The van der Waals surface area contributed by atoms with E-state index in [2.05, 4.69) is 4.90 Å². The predicted molar refractivity (Wildman–Crippen MR) is 67.0 cm³/mol. The highest BCUT2D eigenvalue weighted by molar-refractivity contribution is 7.91. The van der Waals surface area contributed by atoms with Crippen LogP contribution in [-0.4, -0.2) is 38.5 Å². The number of hydrogen-bond acceptors (Lipinski definition) is 4. The van der Waals surface area contributed by atoms with Gasteiger partial charge in [-0.3, -0.25) is 0 Å². The molecule has 1 N–H and O–H groups in total. The van der Waals surface area contributed by atoms with Crippen molar-refractivity contribution in [2.24, 2.45) is 0 Å². The van der Waals surface area contributed by atoms with E-state index in [1.165, 1.54) is 0 Å². The van der Waals surface area contributed by atoms with Crippen molar-refractivity contribution in [3.05, 3.63) is 24.3 Å². The molecule has 0 saturated carbocycles. The van der Waals surface area contributed by atoms with Crippen LogP contribution in [0.2, 0.25) is 0 Å². The van der Waals surface area contributed by atoms with Crippen LogP contribution in [0.3, 0.4) is 0 Å². The molecule has 0 aliphatic carbocycles. The second-order valence-corrected chi connectivity index (χ2v) is 6.56. The van der Waals surface area contributed by atoms with E-state index in [1.807, 2.05) is 0 Å². The van der Waals surface area contributed by atoms with E-state index in [4.69, 9.17) is 0 Å². The zero-order chi connectivity index (χ0) is 12.5. The minimum Gasteiger partial charge on any atom is -0.391 e. The first-order valence-electron chi connectivity index (χ1n) is 5.79. The minimum absolute atomic E-state index is 0.120. The van der Waals surface area contributed by atoms with Crippen LogP contribution in [-0.2, 0) is 9.84 Å². The molecule has 1 saturated heterocycles. The van der Waals surface area contributed by atoms with Crippen LogP contribution in [0.4, 0.5) is 5.69 Å². The van der Waals surface area contributed by atoms with Gasteiger partial charge in [0.1, 0.15) is 0 Å². The van der Waals surface area contributed by atoms with Gasteiger partial charge in [0.05, 0.1) is 16.8 Å². The molecule has 1 heterocycles. The Kier molecular flexibility index (Phi) is 3.40. The Bertz CT molecular complexity index is 481. The monoisotopic (exact) mass is 255 g/mol. The van der Waals surface area contributed by atoms with E-state index < -0.39 is 9.84 Å². The van der Waals surface area contributed by atoms with Gasteiger partial charge in [0, 0.05) is 18.8 Å². The number of aliphatic hydroxyl groups is 1. The third kappa shape index (κ3) is 2.61. The van der Waals surface area contributed by atoms with Crippen molar-refractivity contribution < 1.29 is 13.5 Å². The molecule has 0 radical (unpaired) electrons. The zero-order valence-corrected chi connectivity index (χ0v) is 10.7. The van der Waals surface area contributed by atoms with Gasteiger partial charge in [-0.1, -0.05) is 6.92 Å². The fourth-order valence-electron chi connectivity index (χ4n) is 2.01. The highest BCUT2D eigenvalue weighted by atomic mass is 32.2. The Balaban J connectivity index is 2.19. The third-order valence-corrected chi connectivity index (χ3v) is 4.85. The average molecular weight is 255 g/mol. The van der Waals surface area contributed by atoms with Gasteiger partial charge in [-0.15, -0.1) is 0 Å². The van der Waals surface area contributed by atoms with Crippen molar-refractivity contribution in [2.75, 3.05) is 23.7 Å². The Hall–Kier alpha value is -1.07. The highest BCUT2D eigenvalue weighted by Gasteiger charge is 2.20. The van der Waals surface area contributed by atoms with E-state index in [0.29, 0.717) is 11.4 Å². The molecule has 1 aliphatic heterocycles. The maximum absolute atomic E-state index is 11.6. The van der Waals surface area contributed by atoms with E-state index in [9.17, 15) is 13.5 Å². The van der Waals surface area contributed by atoms with Gasteiger partial charge in [0.15, 0.2) is 9.84 Å². The van der Waals surface area contributed by atoms with E-state index in [1.54, 1.807) is 31.2 Å². The molecule has 1 unspecified atom stereocenters. The van der Waals surface area contributed by atoms with Crippen LogP contribution in [0.1, 0.15) is 13.3 Å². The van der Waals surface area contributed by atoms with Crippen LogP contribution in [0.5, 0.6) is 0 Å². The van der Waals surface area contributed by atoms with Crippen molar-refractivity contribution in [2.45, 2.75) is 24.3 Å². The zero-order valence-electron chi connectivity index (χ0n) is 9.83. The van der Waals surface area contributed by atoms with Crippen LogP contribution >= 0.6 is 0 Å². The fourth-order valence-corrected chi connectivity index (χ4v) is 2.89. The lowest BCUT2D eigenvalue weighted by Gasteiger charge is -2.17. The molecule has 0 aromatic heterocycles. The largest absolute Gasteiger partial charge is 0.391 e. The molecule has 4 nitrogen and oxygen atoms in total. The minimum atomic E-state index is -3.12. The summed E-state index contributed by atoms with van der Waals surface area (Å²) in [5.41, 5.74) is 0.969. The lowest BCUT2D eigenvalue weighted by atomic mass is 10.3. The first kappa shape index (κ1) is 12.4. The maximum Gasteiger partial charge on any atom is 0.178 e. The Morgan fingerprint density at radius 1 is 1.35 bits per heavy atom. The molecule has 0 bridgehead atoms. The number of β-amino-alcohol motifs (C(OH)–C–C–N with tert-alkyl or cyclic N) is 1.